The number of fused-ring (bicyclic) bond motifs is 1. The number of amides is 4. The number of aromatic nitrogens is 1. The molecule has 2 rings (SSSR count). The number of hydrogen-bond acceptors (Lipinski definition) is 8. The fraction of sp³-hybridized carbons (Fsp3) is 0.417. The number of carboxylic acid groups (broad SMARTS) is 2. The summed E-state index contributed by atoms with van der Waals surface area (Å²) in [6.07, 6.45) is -1.22. The molecule has 15 heteroatoms. The number of H-pyrrole nitrogens is 1. The van der Waals surface area contributed by atoms with Crippen molar-refractivity contribution < 1.29 is 44.1 Å². The first-order valence-electron chi connectivity index (χ1n) is 11.9. The minimum atomic E-state index is -1.78. The van der Waals surface area contributed by atoms with E-state index in [0.29, 0.717) is 10.9 Å². The molecule has 0 spiro atoms. The highest BCUT2D eigenvalue weighted by Gasteiger charge is 2.33. The number of carbonyl (C=O) groups excluding carboxylic acids is 4. The maximum atomic E-state index is 13.1. The van der Waals surface area contributed by atoms with Gasteiger partial charge in [-0.05, 0) is 25.0 Å². The topological polar surface area (TPSA) is 267 Å². The predicted molar refractivity (Wildman–Crippen MR) is 136 cm³/mol. The Bertz CT molecular complexity index is 1230. The molecule has 5 atom stereocenters. The summed E-state index contributed by atoms with van der Waals surface area (Å²) in [6.45, 7) is 1.21. The minimum absolute atomic E-state index is 0.110. The quantitative estimate of drug-likeness (QED) is 0.115. The molecular weight excluding hydrogens is 516 g/mol. The number of carbonyl (C=O) groups is 6. The van der Waals surface area contributed by atoms with Crippen molar-refractivity contribution in [2.24, 2.45) is 11.5 Å². The Balaban J connectivity index is 2.29. The molecule has 0 radical (unpaired) electrons. The Morgan fingerprint density at radius 1 is 0.949 bits per heavy atom. The summed E-state index contributed by atoms with van der Waals surface area (Å²) < 4.78 is 0. The van der Waals surface area contributed by atoms with E-state index in [9.17, 15) is 39.0 Å². The van der Waals surface area contributed by atoms with Crippen LogP contribution in [0, 0.1) is 0 Å². The van der Waals surface area contributed by atoms with Gasteiger partial charge in [-0.25, -0.2) is 4.79 Å². The SMILES string of the molecule is CC(O)C(NC(=O)C(N)CCC(N)=O)C(=O)NC(Cc1c[nH]c2ccccc12)C(=O)NC(CC(=O)O)C(=O)O. The van der Waals surface area contributed by atoms with Crippen LogP contribution in [0.5, 0.6) is 0 Å². The molecule has 0 saturated carbocycles. The highest BCUT2D eigenvalue weighted by atomic mass is 16.4. The summed E-state index contributed by atoms with van der Waals surface area (Å²) in [5.41, 5.74) is 12.1. The highest BCUT2D eigenvalue weighted by molar-refractivity contribution is 5.95. The van der Waals surface area contributed by atoms with Crippen molar-refractivity contribution in [1.29, 1.82) is 0 Å². The second kappa shape index (κ2) is 13.9. The molecule has 15 nitrogen and oxygen atoms in total. The summed E-state index contributed by atoms with van der Waals surface area (Å²) in [6, 6.07) is 1.05. The van der Waals surface area contributed by atoms with Gasteiger partial charge in [0, 0.05) is 29.9 Å². The van der Waals surface area contributed by atoms with Gasteiger partial charge < -0.3 is 47.7 Å². The van der Waals surface area contributed by atoms with E-state index in [1.807, 2.05) is 0 Å². The number of carboxylic acids is 2. The predicted octanol–water partition coefficient (Wildman–Crippen LogP) is -2.30. The lowest BCUT2D eigenvalue weighted by molar-refractivity contribution is -0.147. The van der Waals surface area contributed by atoms with Crippen LogP contribution in [0.1, 0.15) is 31.7 Å². The molecule has 2 aromatic rings. The maximum Gasteiger partial charge on any atom is 0.326 e. The molecule has 0 aliphatic rings. The van der Waals surface area contributed by atoms with Gasteiger partial charge in [0.1, 0.15) is 18.1 Å². The van der Waals surface area contributed by atoms with Crippen molar-refractivity contribution in [3.63, 3.8) is 0 Å². The van der Waals surface area contributed by atoms with Crippen molar-refractivity contribution in [2.45, 2.75) is 62.9 Å². The third kappa shape index (κ3) is 9.08. The van der Waals surface area contributed by atoms with E-state index in [1.165, 1.54) is 6.92 Å². The number of aliphatic hydroxyl groups is 1. The van der Waals surface area contributed by atoms with Gasteiger partial charge in [-0.15, -0.1) is 0 Å². The second-order valence-electron chi connectivity index (χ2n) is 8.96. The van der Waals surface area contributed by atoms with Crippen LogP contribution in [0.25, 0.3) is 10.9 Å². The summed E-state index contributed by atoms with van der Waals surface area (Å²) >= 11 is 0. The van der Waals surface area contributed by atoms with Crippen LogP contribution in [0.2, 0.25) is 0 Å². The molecule has 1 aromatic heterocycles. The van der Waals surface area contributed by atoms with E-state index < -0.39 is 72.3 Å². The molecule has 39 heavy (non-hydrogen) atoms. The number of para-hydroxylation sites is 1. The summed E-state index contributed by atoms with van der Waals surface area (Å²) in [7, 11) is 0. The normalized spacial score (nSPS) is 14.8. The number of nitrogens with one attached hydrogen (secondary N) is 4. The van der Waals surface area contributed by atoms with Crippen LogP contribution in [-0.2, 0) is 35.2 Å². The van der Waals surface area contributed by atoms with Crippen LogP contribution < -0.4 is 27.4 Å². The molecule has 0 saturated heterocycles. The molecule has 0 fully saturated rings. The Morgan fingerprint density at radius 3 is 2.18 bits per heavy atom. The molecular formula is C24H32N6O9. The number of nitrogens with two attached hydrogens (primary N) is 2. The van der Waals surface area contributed by atoms with Gasteiger partial charge in [0.15, 0.2) is 0 Å². The van der Waals surface area contributed by atoms with E-state index in [4.69, 9.17) is 16.6 Å². The molecule has 4 amide bonds. The first-order valence-corrected chi connectivity index (χ1v) is 11.9. The number of rotatable bonds is 15. The van der Waals surface area contributed by atoms with Gasteiger partial charge in [0.2, 0.25) is 23.6 Å². The molecule has 0 bridgehead atoms. The van der Waals surface area contributed by atoms with Gasteiger partial charge in [-0.3, -0.25) is 24.0 Å². The van der Waals surface area contributed by atoms with E-state index in [1.54, 1.807) is 30.5 Å². The zero-order valence-corrected chi connectivity index (χ0v) is 21.0. The van der Waals surface area contributed by atoms with Gasteiger partial charge in [-0.1, -0.05) is 18.2 Å². The minimum Gasteiger partial charge on any atom is -0.481 e. The molecule has 0 aliphatic carbocycles. The third-order valence-corrected chi connectivity index (χ3v) is 5.83. The fourth-order valence-corrected chi connectivity index (χ4v) is 3.73. The Kier molecular flexibility index (Phi) is 10.9. The Labute approximate surface area is 222 Å². The zero-order chi connectivity index (χ0) is 29.3. The number of aliphatic carboxylic acids is 2. The monoisotopic (exact) mass is 548 g/mol. The van der Waals surface area contributed by atoms with E-state index >= 15 is 0 Å². The lowest BCUT2D eigenvalue weighted by Crippen LogP contribution is -2.60. The molecule has 1 heterocycles. The van der Waals surface area contributed by atoms with Crippen LogP contribution >= 0.6 is 0 Å². The van der Waals surface area contributed by atoms with E-state index in [2.05, 4.69) is 20.9 Å². The van der Waals surface area contributed by atoms with Crippen LogP contribution in [0.4, 0.5) is 0 Å². The van der Waals surface area contributed by atoms with Crippen molar-refractivity contribution in [3.05, 3.63) is 36.0 Å². The lowest BCUT2D eigenvalue weighted by Gasteiger charge is -2.26. The molecule has 1 aromatic carbocycles. The molecule has 212 valence electrons. The zero-order valence-electron chi connectivity index (χ0n) is 21.0. The van der Waals surface area contributed by atoms with E-state index in [0.717, 1.165) is 5.52 Å². The average Bonchev–Trinajstić information content (AvgIpc) is 3.26. The Hall–Kier alpha value is -4.50. The van der Waals surface area contributed by atoms with Gasteiger partial charge >= 0.3 is 11.9 Å². The van der Waals surface area contributed by atoms with Gasteiger partial charge in [0.05, 0.1) is 18.6 Å². The number of hydrogen-bond donors (Lipinski definition) is 9. The second-order valence-corrected chi connectivity index (χ2v) is 8.96. The van der Waals surface area contributed by atoms with Gasteiger partial charge in [0.25, 0.3) is 0 Å². The standard InChI is InChI=1S/C24H32N6O9/c1-11(31)20(30-21(35)14(25)6-7-18(26)32)23(37)28-16(22(36)29-17(24(38)39)9-19(33)34)8-12-10-27-15-5-3-2-4-13(12)15/h2-5,10-11,14,16-17,20,27,31H,6-9,25H2,1H3,(H2,26,32)(H,28,37)(H,29,36)(H,30,35)(H,33,34)(H,38,39). The molecule has 11 N–H and O–H groups in total. The number of aromatic amines is 1. The third-order valence-electron chi connectivity index (χ3n) is 5.83. The fourth-order valence-electron chi connectivity index (χ4n) is 3.73. The average molecular weight is 549 g/mol. The number of aliphatic hydroxyl groups excluding tert-OH is 1. The van der Waals surface area contributed by atoms with Crippen LogP contribution in [0.15, 0.2) is 30.5 Å². The smallest absolute Gasteiger partial charge is 0.326 e. The summed E-state index contributed by atoms with van der Waals surface area (Å²) in [4.78, 5) is 75.2. The first-order chi connectivity index (χ1) is 18.3. The lowest BCUT2D eigenvalue weighted by atomic mass is 10.0. The number of benzene rings is 1. The first kappa shape index (κ1) is 30.7. The van der Waals surface area contributed by atoms with Gasteiger partial charge in [-0.2, -0.15) is 0 Å². The number of primary amides is 1. The largest absolute Gasteiger partial charge is 0.481 e. The van der Waals surface area contributed by atoms with Crippen LogP contribution in [0.3, 0.4) is 0 Å². The van der Waals surface area contributed by atoms with E-state index in [-0.39, 0.29) is 19.3 Å². The molecule has 5 unspecified atom stereocenters. The maximum absolute atomic E-state index is 13.1. The highest BCUT2D eigenvalue weighted by Crippen LogP contribution is 2.19. The van der Waals surface area contributed by atoms with Crippen molar-refractivity contribution in [3.8, 4) is 0 Å². The Morgan fingerprint density at radius 2 is 1.59 bits per heavy atom. The molecule has 0 aliphatic heterocycles. The van der Waals surface area contributed by atoms with Crippen LogP contribution in [-0.4, -0.2) is 86.1 Å². The van der Waals surface area contributed by atoms with Crippen molar-refractivity contribution in [1.82, 2.24) is 20.9 Å². The van der Waals surface area contributed by atoms with Crippen molar-refractivity contribution in [2.75, 3.05) is 0 Å². The summed E-state index contributed by atoms with van der Waals surface area (Å²) in [5.74, 6) is -6.60. The summed E-state index contributed by atoms with van der Waals surface area (Å²) in [5, 5.41) is 36.0. The van der Waals surface area contributed by atoms with Crippen molar-refractivity contribution >= 4 is 46.5 Å².